The lowest BCUT2D eigenvalue weighted by Gasteiger charge is -2.24. The standard InChI is InChI=1S/C29H28N2O4/c1-30(21-27-15-8-16-35-27)28(32)18-23-11-6-13-25(17-23)31(20-22-9-4-3-5-10-22)29(33)24-12-7-14-26(19-24)34-2/h3-17,19H,18,20-21H2,1-2H3. The summed E-state index contributed by atoms with van der Waals surface area (Å²) in [6, 6.07) is 28.2. The zero-order valence-corrected chi connectivity index (χ0v) is 19.9. The van der Waals surface area contributed by atoms with Crippen LogP contribution in [-0.4, -0.2) is 30.9 Å². The SMILES string of the molecule is COc1cccc(C(=O)N(Cc2ccccc2)c2cccc(CC(=O)N(C)Cc3ccco3)c2)c1. The first kappa shape index (κ1) is 23.8. The molecule has 0 spiro atoms. The average Bonchev–Trinajstić information content (AvgIpc) is 3.40. The van der Waals surface area contributed by atoms with Crippen LogP contribution in [0.25, 0.3) is 0 Å². The predicted octanol–water partition coefficient (Wildman–Crippen LogP) is 5.34. The van der Waals surface area contributed by atoms with Gasteiger partial charge in [-0.1, -0.05) is 48.5 Å². The molecule has 4 aromatic rings. The van der Waals surface area contributed by atoms with Gasteiger partial charge in [-0.05, 0) is 53.6 Å². The quantitative estimate of drug-likeness (QED) is 0.333. The second-order valence-electron chi connectivity index (χ2n) is 8.28. The Hall–Kier alpha value is -4.32. The maximum absolute atomic E-state index is 13.6. The zero-order chi connectivity index (χ0) is 24.6. The van der Waals surface area contributed by atoms with Crippen molar-refractivity contribution in [1.29, 1.82) is 0 Å². The molecule has 0 aliphatic carbocycles. The molecule has 3 aromatic carbocycles. The van der Waals surface area contributed by atoms with Crippen molar-refractivity contribution in [3.63, 3.8) is 0 Å². The van der Waals surface area contributed by atoms with Crippen LogP contribution >= 0.6 is 0 Å². The van der Waals surface area contributed by atoms with Crippen LogP contribution in [0.15, 0.2) is 102 Å². The van der Waals surface area contributed by atoms with E-state index in [0.29, 0.717) is 24.4 Å². The maximum atomic E-state index is 13.6. The first-order chi connectivity index (χ1) is 17.0. The highest BCUT2D eigenvalue weighted by molar-refractivity contribution is 6.06. The molecule has 0 aliphatic heterocycles. The van der Waals surface area contributed by atoms with Gasteiger partial charge in [-0.25, -0.2) is 0 Å². The molecule has 1 aromatic heterocycles. The van der Waals surface area contributed by atoms with Gasteiger partial charge in [0, 0.05) is 18.3 Å². The monoisotopic (exact) mass is 468 g/mol. The van der Waals surface area contributed by atoms with Gasteiger partial charge in [0.05, 0.1) is 32.9 Å². The van der Waals surface area contributed by atoms with E-state index in [2.05, 4.69) is 0 Å². The number of hydrogen-bond acceptors (Lipinski definition) is 4. The number of nitrogens with zero attached hydrogens (tertiary/aromatic N) is 2. The van der Waals surface area contributed by atoms with Gasteiger partial charge in [-0.3, -0.25) is 9.59 Å². The summed E-state index contributed by atoms with van der Waals surface area (Å²) in [5, 5.41) is 0. The molecule has 0 N–H and O–H groups in total. The number of hydrogen-bond donors (Lipinski definition) is 0. The Labute approximate surface area is 205 Å². The van der Waals surface area contributed by atoms with E-state index in [-0.39, 0.29) is 18.2 Å². The molecule has 35 heavy (non-hydrogen) atoms. The highest BCUT2D eigenvalue weighted by Crippen LogP contribution is 2.24. The number of ether oxygens (including phenoxy) is 1. The summed E-state index contributed by atoms with van der Waals surface area (Å²) in [6.45, 7) is 0.798. The summed E-state index contributed by atoms with van der Waals surface area (Å²) in [5.41, 5.74) is 3.08. The molecular formula is C29H28N2O4. The summed E-state index contributed by atoms with van der Waals surface area (Å²) in [7, 11) is 3.33. The Kier molecular flexibility index (Phi) is 7.63. The largest absolute Gasteiger partial charge is 0.497 e. The summed E-state index contributed by atoms with van der Waals surface area (Å²) in [5.74, 6) is 1.17. The van der Waals surface area contributed by atoms with Crippen LogP contribution in [0.1, 0.15) is 27.2 Å². The first-order valence-electron chi connectivity index (χ1n) is 11.4. The van der Waals surface area contributed by atoms with E-state index in [9.17, 15) is 9.59 Å². The van der Waals surface area contributed by atoms with E-state index in [4.69, 9.17) is 9.15 Å². The van der Waals surface area contributed by atoms with Gasteiger partial charge in [-0.2, -0.15) is 0 Å². The highest BCUT2D eigenvalue weighted by atomic mass is 16.5. The van der Waals surface area contributed by atoms with Gasteiger partial charge in [-0.15, -0.1) is 0 Å². The van der Waals surface area contributed by atoms with Crippen molar-refractivity contribution in [2.24, 2.45) is 0 Å². The zero-order valence-electron chi connectivity index (χ0n) is 19.9. The van der Waals surface area contributed by atoms with Gasteiger partial charge in [0.15, 0.2) is 0 Å². The van der Waals surface area contributed by atoms with E-state index in [0.717, 1.165) is 22.6 Å². The number of methoxy groups -OCH3 is 1. The van der Waals surface area contributed by atoms with E-state index in [1.165, 1.54) is 0 Å². The van der Waals surface area contributed by atoms with Crippen molar-refractivity contribution >= 4 is 17.5 Å². The number of benzene rings is 3. The van der Waals surface area contributed by atoms with Crippen LogP contribution in [0, 0.1) is 0 Å². The van der Waals surface area contributed by atoms with Crippen molar-refractivity contribution in [1.82, 2.24) is 4.90 Å². The fraction of sp³-hybridized carbons (Fsp3) is 0.172. The van der Waals surface area contributed by atoms with Crippen LogP contribution in [0.2, 0.25) is 0 Å². The second-order valence-corrected chi connectivity index (χ2v) is 8.28. The molecule has 0 saturated heterocycles. The Bertz CT molecular complexity index is 1270. The highest BCUT2D eigenvalue weighted by Gasteiger charge is 2.20. The molecule has 4 rings (SSSR count). The molecule has 0 bridgehead atoms. The lowest BCUT2D eigenvalue weighted by Crippen LogP contribution is -2.31. The van der Waals surface area contributed by atoms with E-state index < -0.39 is 0 Å². The minimum atomic E-state index is -0.147. The van der Waals surface area contributed by atoms with Gasteiger partial charge in [0.2, 0.25) is 5.91 Å². The van der Waals surface area contributed by atoms with Crippen molar-refractivity contribution in [3.05, 3.63) is 120 Å². The topological polar surface area (TPSA) is 63.0 Å². The van der Waals surface area contributed by atoms with Crippen LogP contribution in [-0.2, 0) is 24.3 Å². The molecule has 178 valence electrons. The van der Waals surface area contributed by atoms with Crippen LogP contribution in [0.3, 0.4) is 0 Å². The van der Waals surface area contributed by atoms with Gasteiger partial charge < -0.3 is 19.0 Å². The molecule has 0 saturated carbocycles. The fourth-order valence-corrected chi connectivity index (χ4v) is 3.83. The molecule has 0 unspecified atom stereocenters. The number of carbonyl (C=O) groups excluding carboxylic acids is 2. The summed E-state index contributed by atoms with van der Waals surface area (Å²) >= 11 is 0. The van der Waals surface area contributed by atoms with Crippen molar-refractivity contribution in [2.45, 2.75) is 19.5 Å². The Morgan fingerprint density at radius 3 is 2.34 bits per heavy atom. The van der Waals surface area contributed by atoms with Gasteiger partial charge in [0.25, 0.3) is 5.91 Å². The molecule has 0 aliphatic rings. The van der Waals surface area contributed by atoms with E-state index in [1.54, 1.807) is 54.5 Å². The number of likely N-dealkylation sites (N-methyl/N-ethyl adjacent to an activating group) is 1. The molecular weight excluding hydrogens is 440 g/mol. The molecule has 6 heteroatoms. The Morgan fingerprint density at radius 1 is 0.829 bits per heavy atom. The molecule has 1 heterocycles. The summed E-state index contributed by atoms with van der Waals surface area (Å²) in [6.07, 6.45) is 1.81. The lowest BCUT2D eigenvalue weighted by atomic mass is 10.1. The summed E-state index contributed by atoms with van der Waals surface area (Å²) in [4.78, 5) is 29.8. The van der Waals surface area contributed by atoms with E-state index in [1.807, 2.05) is 66.7 Å². The molecule has 0 radical (unpaired) electrons. The van der Waals surface area contributed by atoms with Crippen LogP contribution in [0.4, 0.5) is 5.69 Å². The lowest BCUT2D eigenvalue weighted by molar-refractivity contribution is -0.129. The smallest absolute Gasteiger partial charge is 0.258 e. The molecule has 6 nitrogen and oxygen atoms in total. The van der Waals surface area contributed by atoms with Crippen molar-refractivity contribution < 1.29 is 18.7 Å². The Balaban J connectivity index is 1.58. The number of rotatable bonds is 9. The van der Waals surface area contributed by atoms with E-state index >= 15 is 0 Å². The number of furan rings is 1. The van der Waals surface area contributed by atoms with Crippen LogP contribution < -0.4 is 9.64 Å². The molecule has 0 atom stereocenters. The number of carbonyl (C=O) groups is 2. The third-order valence-electron chi connectivity index (χ3n) is 5.72. The average molecular weight is 469 g/mol. The predicted molar refractivity (Wildman–Crippen MR) is 135 cm³/mol. The minimum Gasteiger partial charge on any atom is -0.497 e. The van der Waals surface area contributed by atoms with Crippen LogP contribution in [0.5, 0.6) is 5.75 Å². The second kappa shape index (κ2) is 11.2. The van der Waals surface area contributed by atoms with Gasteiger partial charge in [0.1, 0.15) is 11.5 Å². The van der Waals surface area contributed by atoms with Crippen molar-refractivity contribution in [2.75, 3.05) is 19.1 Å². The van der Waals surface area contributed by atoms with Crippen molar-refractivity contribution in [3.8, 4) is 5.75 Å². The Morgan fingerprint density at radius 2 is 1.60 bits per heavy atom. The maximum Gasteiger partial charge on any atom is 0.258 e. The normalized spacial score (nSPS) is 10.6. The minimum absolute atomic E-state index is 0.0349. The molecule has 2 amide bonds. The third-order valence-corrected chi connectivity index (χ3v) is 5.72. The number of amides is 2. The third kappa shape index (κ3) is 6.18. The molecule has 0 fully saturated rings. The van der Waals surface area contributed by atoms with Gasteiger partial charge >= 0.3 is 0 Å². The first-order valence-corrected chi connectivity index (χ1v) is 11.4. The fourth-order valence-electron chi connectivity index (χ4n) is 3.83. The number of anilines is 1. The summed E-state index contributed by atoms with van der Waals surface area (Å²) < 4.78 is 10.7.